The molecule has 7 saturated heterocycles. The molecule has 0 aromatic heterocycles. The second-order valence-corrected chi connectivity index (χ2v) is 33.6. The van der Waals surface area contributed by atoms with E-state index in [1.54, 1.807) is 6.92 Å². The molecule has 0 amide bonds. The average Bonchev–Trinajstić information content (AvgIpc) is 0.665. The van der Waals surface area contributed by atoms with Crippen LogP contribution in [0.25, 0.3) is 0 Å². The van der Waals surface area contributed by atoms with Gasteiger partial charge < -0.3 is 179 Å². The number of carbonyl (C=O) groups excluding carboxylic acids is 1. The Kier molecular flexibility index (Phi) is 24.5. The Balaban J connectivity index is 0.743. The summed E-state index contributed by atoms with van der Waals surface area (Å²) in [6, 6.07) is 0. The van der Waals surface area contributed by atoms with E-state index in [1.165, 1.54) is 13.8 Å². The molecule has 4 saturated carbocycles. The molecule has 0 radical (unpaired) electrons. The molecule has 0 aromatic carbocycles. The van der Waals surface area contributed by atoms with Gasteiger partial charge in [-0.15, -0.1) is 0 Å². The molecule has 22 N–H and O–H groups in total. The Morgan fingerprint density at radius 2 is 1.01 bits per heavy atom. The molecule has 44 atom stereocenters. The number of hydrogen-bond acceptors (Lipinski definition) is 37. The Labute approximate surface area is 610 Å². The third kappa shape index (κ3) is 14.2. The van der Waals surface area contributed by atoms with E-state index < -0.39 is 317 Å². The lowest BCUT2D eigenvalue weighted by molar-refractivity contribution is -0.386. The minimum Gasteiger partial charge on any atom is -0.432 e. The van der Waals surface area contributed by atoms with Crippen molar-refractivity contribution in [3.05, 3.63) is 11.6 Å². The van der Waals surface area contributed by atoms with Crippen LogP contribution in [-0.2, 0) is 71.1 Å². The third-order valence-electron chi connectivity index (χ3n) is 26.5. The summed E-state index contributed by atoms with van der Waals surface area (Å²) in [6.07, 6.45) is -58.0. The van der Waals surface area contributed by atoms with Crippen molar-refractivity contribution in [3.8, 4) is 0 Å². The first kappa shape index (κ1) is 83.2. The second kappa shape index (κ2) is 31.2. The fraction of sp³-hybridized carbons (Fsp3) is 0.957. The highest BCUT2D eigenvalue weighted by atomic mass is 16.8. The van der Waals surface area contributed by atoms with E-state index in [-0.39, 0.29) is 25.7 Å². The van der Waals surface area contributed by atoms with Crippen LogP contribution in [0.5, 0.6) is 0 Å². The molecular weight excluding hydrogens is 1420 g/mol. The van der Waals surface area contributed by atoms with Crippen LogP contribution in [0.4, 0.5) is 0 Å². The van der Waals surface area contributed by atoms with Gasteiger partial charge in [0.25, 0.3) is 0 Å². The average molecular weight is 1530 g/mol. The predicted octanol–water partition coefficient (Wildman–Crippen LogP) is -8.71. The quantitative estimate of drug-likeness (QED) is 0.0365. The topological polar surface area (TPSA) is 591 Å². The van der Waals surface area contributed by atoms with Crippen molar-refractivity contribution >= 4 is 5.97 Å². The Morgan fingerprint density at radius 3 is 1.66 bits per heavy atom. The second-order valence-electron chi connectivity index (χ2n) is 33.6. The number of hydrogen-bond donors (Lipinski definition) is 22. The lowest BCUT2D eigenvalue weighted by atomic mass is 9.32. The molecule has 0 aromatic rings. The molecular formula is C69H112O37. The first-order valence-corrected chi connectivity index (χ1v) is 36.7. The van der Waals surface area contributed by atoms with Gasteiger partial charge >= 0.3 is 5.97 Å². The molecule has 0 spiro atoms. The maximum atomic E-state index is 15.7. The predicted molar refractivity (Wildman–Crippen MR) is 345 cm³/mol. The summed E-state index contributed by atoms with van der Waals surface area (Å²) in [5.41, 5.74) is -5.87. The van der Waals surface area contributed by atoms with Gasteiger partial charge in [-0.3, -0.25) is 4.79 Å². The smallest absolute Gasteiger partial charge is 0.317 e. The van der Waals surface area contributed by atoms with Gasteiger partial charge in [0.2, 0.25) is 6.29 Å². The number of allylic oxidation sites excluding steroid dienone is 2. The Morgan fingerprint density at radius 1 is 0.472 bits per heavy atom. The van der Waals surface area contributed by atoms with Crippen LogP contribution in [0.3, 0.4) is 0 Å². The molecule has 0 unspecified atom stereocenters. The molecule has 0 bridgehead atoms. The monoisotopic (exact) mass is 1530 g/mol. The maximum absolute atomic E-state index is 15.7. The molecule has 7 aliphatic heterocycles. The van der Waals surface area contributed by atoms with E-state index in [0.717, 1.165) is 5.57 Å². The van der Waals surface area contributed by atoms with Gasteiger partial charge in [-0.1, -0.05) is 53.2 Å². The highest BCUT2D eigenvalue weighted by molar-refractivity contribution is 5.80. The number of aliphatic hydroxyl groups is 22. The standard InChI is InChI=1S/C69H112O37/c1-23-36(77)41(82)47(88)59(97-23)103-52-33(101-56-45(86)37(78)29(74)18-93-56)21-96-58(50(52)91)102-51-24(2)98-60(49(90)44(51)85)104-53-38(79)30(75)19-94-62(53)106-63(92)69-12-11-64(3,4)13-26(69)25-9-10-34-65(5)14-28(73)55(66(6,22-71)54(65)27(72)15-68(34,8)67(25,7)16-35(69)76)105-61-48(89)43(84)40(81)32(100-61)20-95-57-46(87)42(83)39(80)31(17-70)99-57/h9,23-24,26-62,70-91H,10-22H2,1-8H3/t23-,24-,26-,27+,28-,29+,30+,31+,32+,33+,34+,35+,36-,37-,38+,39+,40+,41+,42-,43-,44-,45+,46+,47+,48+,49+,50+,51-,52-,53-,54+,55-,56-,57+,58-,59-,60-,61-,62-,65+,66-,67+,68+,69+/m0/s1. The largest absolute Gasteiger partial charge is 0.432 e. The summed E-state index contributed by atoms with van der Waals surface area (Å²) in [7, 11) is 0. The van der Waals surface area contributed by atoms with Gasteiger partial charge in [-0.2, -0.15) is 0 Å². The van der Waals surface area contributed by atoms with Gasteiger partial charge in [0, 0.05) is 11.3 Å². The van der Waals surface area contributed by atoms with Gasteiger partial charge in [-0.25, -0.2) is 0 Å². The summed E-state index contributed by atoms with van der Waals surface area (Å²) >= 11 is 0. The van der Waals surface area contributed by atoms with Crippen LogP contribution in [0.15, 0.2) is 11.6 Å². The van der Waals surface area contributed by atoms with Crippen molar-refractivity contribution in [2.45, 2.75) is 321 Å². The summed E-state index contributed by atoms with van der Waals surface area (Å²) in [4.78, 5) is 15.7. The SMILES string of the molecule is C[C@@H]1O[C@@H](O[C@@H]2[C@@H](O)[C@H](O[C@@H]3[C@@H](O)[C@@H](O)[C@H](O[C@@H]4[C@H](OC(=O)[C@]56CCC(C)(C)C[C@H]5C5=CC[C@@H]7[C@@]8(C)C[C@H](O)[C@H](O[C@@H]9O[C@H](CO[C@@H]%10O[C@H](CO)[C@@H](O)[C@H](O)[C@H]%10O)[C@@H](O)[C@H](O)[C@H]9O)[C@@](C)(CO)[C@@H]8[C@H](O)C[C@@]7(C)[C@]5(C)C[C@H]6O)OC[C@@H](O)[C@H]4O)O[C@H]3C)OC[C@H]2O[C@@H]2OC[C@@H](O)[C@H](O)[C@H]2O)[C@H](O)[C@H](O)[C@H]1O. The van der Waals surface area contributed by atoms with Crippen LogP contribution in [-0.4, -0.2) is 379 Å². The lowest BCUT2D eigenvalue weighted by Crippen LogP contribution is -2.73. The number of esters is 1. The summed E-state index contributed by atoms with van der Waals surface area (Å²) in [5, 5.41) is 246. The first-order chi connectivity index (χ1) is 49.6. The first-order valence-electron chi connectivity index (χ1n) is 36.7. The summed E-state index contributed by atoms with van der Waals surface area (Å²) < 4.78 is 82.8. The minimum atomic E-state index is -2.10. The molecule has 37 heteroatoms. The number of fused-ring (bicyclic) bond motifs is 7. The summed E-state index contributed by atoms with van der Waals surface area (Å²) in [5.74, 6) is -2.98. The zero-order valence-electron chi connectivity index (χ0n) is 60.2. The van der Waals surface area contributed by atoms with Crippen molar-refractivity contribution in [1.82, 2.24) is 0 Å². The van der Waals surface area contributed by atoms with E-state index in [9.17, 15) is 112 Å². The van der Waals surface area contributed by atoms with Crippen LogP contribution < -0.4 is 0 Å². The minimum absolute atomic E-state index is 0.0613. The Hall–Kier alpha value is -2.19. The highest BCUT2D eigenvalue weighted by Crippen LogP contribution is 2.76. The molecule has 37 nitrogen and oxygen atoms in total. The van der Waals surface area contributed by atoms with E-state index >= 15 is 4.79 Å². The van der Waals surface area contributed by atoms with E-state index in [4.69, 9.17) is 66.3 Å². The van der Waals surface area contributed by atoms with Gasteiger partial charge in [0.15, 0.2) is 43.8 Å². The van der Waals surface area contributed by atoms with Crippen LogP contribution in [0.2, 0.25) is 0 Å². The zero-order valence-corrected chi connectivity index (χ0v) is 60.2. The molecule has 106 heavy (non-hydrogen) atoms. The number of rotatable bonds is 17. The van der Waals surface area contributed by atoms with E-state index in [1.807, 2.05) is 34.6 Å². The van der Waals surface area contributed by atoms with E-state index in [0.29, 0.717) is 19.3 Å². The lowest BCUT2D eigenvalue weighted by Gasteiger charge is -2.73. The molecule has 12 aliphatic rings. The molecule has 12 rings (SSSR count). The number of ether oxygens (including phenoxy) is 14. The van der Waals surface area contributed by atoms with Gasteiger partial charge in [0.1, 0.15) is 140 Å². The van der Waals surface area contributed by atoms with Crippen molar-refractivity contribution in [2.24, 2.45) is 50.2 Å². The fourth-order valence-electron chi connectivity index (χ4n) is 20.3. The van der Waals surface area contributed by atoms with Gasteiger partial charge in [-0.05, 0) is 92.3 Å². The number of aliphatic hydroxyl groups excluding tert-OH is 22. The van der Waals surface area contributed by atoms with E-state index in [2.05, 4.69) is 6.08 Å². The van der Waals surface area contributed by atoms with Crippen molar-refractivity contribution < 1.29 is 183 Å². The number of carbonyl (C=O) groups is 1. The highest BCUT2D eigenvalue weighted by Gasteiger charge is 2.75. The molecule has 11 fully saturated rings. The summed E-state index contributed by atoms with van der Waals surface area (Å²) in [6.45, 7) is 10.6. The maximum Gasteiger partial charge on any atom is 0.317 e. The zero-order chi connectivity index (χ0) is 77.5. The van der Waals surface area contributed by atoms with Crippen LogP contribution in [0.1, 0.15) is 100 Å². The van der Waals surface area contributed by atoms with Crippen molar-refractivity contribution in [3.63, 3.8) is 0 Å². The van der Waals surface area contributed by atoms with Gasteiger partial charge in [0.05, 0.1) is 76.3 Å². The van der Waals surface area contributed by atoms with Crippen LogP contribution >= 0.6 is 0 Å². The Bertz CT molecular complexity index is 3030. The third-order valence-corrected chi connectivity index (χ3v) is 26.5. The normalized spacial score (nSPS) is 56.2. The van der Waals surface area contributed by atoms with Crippen molar-refractivity contribution in [2.75, 3.05) is 39.6 Å². The van der Waals surface area contributed by atoms with Crippen LogP contribution in [0, 0.1) is 50.2 Å². The molecule has 5 aliphatic carbocycles. The van der Waals surface area contributed by atoms with Crippen molar-refractivity contribution in [1.29, 1.82) is 0 Å². The molecule has 610 valence electrons. The molecule has 7 heterocycles. The fourth-order valence-corrected chi connectivity index (χ4v) is 20.3.